The summed E-state index contributed by atoms with van der Waals surface area (Å²) in [5.74, 6) is -0.596. The van der Waals surface area contributed by atoms with E-state index in [1.807, 2.05) is 0 Å². The molecule has 0 aromatic heterocycles. The van der Waals surface area contributed by atoms with Crippen LogP contribution in [0.5, 0.6) is 5.75 Å². The summed E-state index contributed by atoms with van der Waals surface area (Å²) in [5.41, 5.74) is 1.68. The van der Waals surface area contributed by atoms with Gasteiger partial charge in [0.1, 0.15) is 11.6 Å². The SMILES string of the molecule is CC(Cc1cccc(F)c1)C(=O)NCCc1ccc(OC(F)F)cc1. The van der Waals surface area contributed by atoms with E-state index in [0.717, 1.165) is 11.1 Å². The number of carbonyl (C=O) groups is 1. The van der Waals surface area contributed by atoms with Gasteiger partial charge in [-0.25, -0.2) is 4.39 Å². The fraction of sp³-hybridized carbons (Fsp3) is 0.316. The van der Waals surface area contributed by atoms with Crippen molar-refractivity contribution in [1.29, 1.82) is 0 Å². The number of rotatable bonds is 8. The van der Waals surface area contributed by atoms with Crippen molar-refractivity contribution in [3.05, 3.63) is 65.5 Å². The van der Waals surface area contributed by atoms with Crippen molar-refractivity contribution >= 4 is 5.91 Å². The molecule has 134 valence electrons. The van der Waals surface area contributed by atoms with Gasteiger partial charge in [0, 0.05) is 12.5 Å². The summed E-state index contributed by atoms with van der Waals surface area (Å²) in [7, 11) is 0. The third-order valence-electron chi connectivity index (χ3n) is 3.74. The molecule has 1 unspecified atom stereocenters. The van der Waals surface area contributed by atoms with Crippen LogP contribution in [-0.4, -0.2) is 19.1 Å². The molecule has 0 aliphatic heterocycles. The number of hydrogen-bond acceptors (Lipinski definition) is 2. The zero-order valence-corrected chi connectivity index (χ0v) is 13.8. The molecule has 0 aliphatic rings. The summed E-state index contributed by atoms with van der Waals surface area (Å²) >= 11 is 0. The van der Waals surface area contributed by atoms with E-state index in [1.54, 1.807) is 31.2 Å². The molecule has 0 saturated carbocycles. The van der Waals surface area contributed by atoms with Crippen LogP contribution in [0.15, 0.2) is 48.5 Å². The summed E-state index contributed by atoms with van der Waals surface area (Å²) in [6.07, 6.45) is 1.04. The Morgan fingerprint density at radius 2 is 1.84 bits per heavy atom. The monoisotopic (exact) mass is 351 g/mol. The number of carbonyl (C=O) groups excluding carboxylic acids is 1. The molecule has 25 heavy (non-hydrogen) atoms. The van der Waals surface area contributed by atoms with Crippen molar-refractivity contribution in [1.82, 2.24) is 5.32 Å². The molecule has 0 saturated heterocycles. The third-order valence-corrected chi connectivity index (χ3v) is 3.74. The van der Waals surface area contributed by atoms with Gasteiger partial charge in [0.25, 0.3) is 0 Å². The second-order valence-electron chi connectivity index (χ2n) is 5.80. The lowest BCUT2D eigenvalue weighted by molar-refractivity contribution is -0.124. The molecular formula is C19H20F3NO2. The Balaban J connectivity index is 1.75. The average molecular weight is 351 g/mol. The standard InChI is InChI=1S/C19H20F3NO2/c1-13(11-15-3-2-4-16(20)12-15)18(24)23-10-9-14-5-7-17(8-6-14)25-19(21)22/h2-8,12-13,19H,9-11H2,1H3,(H,23,24). The number of hydrogen-bond donors (Lipinski definition) is 1. The number of alkyl halides is 2. The fourth-order valence-corrected chi connectivity index (χ4v) is 2.45. The summed E-state index contributed by atoms with van der Waals surface area (Å²) in [4.78, 5) is 12.1. The number of halogens is 3. The molecule has 3 nitrogen and oxygen atoms in total. The maximum absolute atomic E-state index is 13.2. The molecule has 0 spiro atoms. The van der Waals surface area contributed by atoms with E-state index < -0.39 is 6.61 Å². The first-order valence-electron chi connectivity index (χ1n) is 8.00. The van der Waals surface area contributed by atoms with E-state index in [1.165, 1.54) is 24.3 Å². The van der Waals surface area contributed by atoms with Crippen LogP contribution in [0.1, 0.15) is 18.1 Å². The fourth-order valence-electron chi connectivity index (χ4n) is 2.45. The van der Waals surface area contributed by atoms with E-state index in [2.05, 4.69) is 10.1 Å². The van der Waals surface area contributed by atoms with Crippen LogP contribution in [0.2, 0.25) is 0 Å². The van der Waals surface area contributed by atoms with Gasteiger partial charge in [-0.15, -0.1) is 0 Å². The lowest BCUT2D eigenvalue weighted by atomic mass is 10.0. The minimum absolute atomic E-state index is 0.103. The maximum atomic E-state index is 13.2. The number of ether oxygens (including phenoxy) is 1. The first-order chi connectivity index (χ1) is 11.9. The lowest BCUT2D eigenvalue weighted by Crippen LogP contribution is -2.31. The van der Waals surface area contributed by atoms with Crippen molar-refractivity contribution in [3.63, 3.8) is 0 Å². The third kappa shape index (κ3) is 6.49. The van der Waals surface area contributed by atoms with Crippen LogP contribution in [0.3, 0.4) is 0 Å². The Morgan fingerprint density at radius 1 is 1.12 bits per heavy atom. The molecule has 2 aromatic rings. The smallest absolute Gasteiger partial charge is 0.387 e. The zero-order valence-electron chi connectivity index (χ0n) is 13.8. The molecule has 0 heterocycles. The van der Waals surface area contributed by atoms with Crippen LogP contribution in [0, 0.1) is 11.7 Å². The Bertz CT molecular complexity index is 689. The quantitative estimate of drug-likeness (QED) is 0.782. The van der Waals surface area contributed by atoms with Crippen molar-refractivity contribution in [2.75, 3.05) is 6.54 Å². The number of benzene rings is 2. The Labute approximate surface area is 144 Å². The first-order valence-corrected chi connectivity index (χ1v) is 8.00. The van der Waals surface area contributed by atoms with Gasteiger partial charge >= 0.3 is 6.61 Å². The van der Waals surface area contributed by atoms with E-state index in [0.29, 0.717) is 19.4 Å². The Kier molecular flexibility index (Phi) is 6.86. The average Bonchev–Trinajstić information content (AvgIpc) is 2.56. The van der Waals surface area contributed by atoms with Gasteiger partial charge in [0.05, 0.1) is 0 Å². The van der Waals surface area contributed by atoms with Crippen LogP contribution in [0.4, 0.5) is 13.2 Å². The molecule has 2 rings (SSSR count). The van der Waals surface area contributed by atoms with Crippen LogP contribution in [-0.2, 0) is 17.6 Å². The van der Waals surface area contributed by atoms with Gasteiger partial charge in [-0.3, -0.25) is 4.79 Å². The predicted octanol–water partition coefficient (Wildman–Crippen LogP) is 3.96. The van der Waals surface area contributed by atoms with Crippen LogP contribution >= 0.6 is 0 Å². The van der Waals surface area contributed by atoms with Gasteiger partial charge in [0.2, 0.25) is 5.91 Å². The van der Waals surface area contributed by atoms with E-state index in [-0.39, 0.29) is 23.4 Å². The zero-order chi connectivity index (χ0) is 18.2. The summed E-state index contributed by atoms with van der Waals surface area (Å²) in [6.45, 7) is -0.623. The molecular weight excluding hydrogens is 331 g/mol. The highest BCUT2D eigenvalue weighted by molar-refractivity contribution is 5.78. The van der Waals surface area contributed by atoms with Gasteiger partial charge in [-0.05, 0) is 48.2 Å². The molecule has 0 bridgehead atoms. The maximum Gasteiger partial charge on any atom is 0.387 e. The second-order valence-corrected chi connectivity index (χ2v) is 5.80. The van der Waals surface area contributed by atoms with Crippen molar-refractivity contribution in [2.24, 2.45) is 5.92 Å². The highest BCUT2D eigenvalue weighted by Gasteiger charge is 2.13. The van der Waals surface area contributed by atoms with E-state index in [4.69, 9.17) is 0 Å². The minimum Gasteiger partial charge on any atom is -0.435 e. The number of amides is 1. The molecule has 0 aliphatic carbocycles. The molecule has 0 radical (unpaired) electrons. The lowest BCUT2D eigenvalue weighted by Gasteiger charge is -2.12. The highest BCUT2D eigenvalue weighted by atomic mass is 19.3. The molecule has 1 atom stereocenters. The van der Waals surface area contributed by atoms with Crippen molar-refractivity contribution < 1.29 is 22.7 Å². The van der Waals surface area contributed by atoms with E-state index in [9.17, 15) is 18.0 Å². The molecule has 2 aromatic carbocycles. The first kappa shape index (κ1) is 18.8. The number of nitrogens with one attached hydrogen (secondary N) is 1. The van der Waals surface area contributed by atoms with Gasteiger partial charge in [-0.2, -0.15) is 8.78 Å². The molecule has 1 amide bonds. The van der Waals surface area contributed by atoms with Crippen LogP contribution in [0.25, 0.3) is 0 Å². The second kappa shape index (κ2) is 9.11. The normalized spacial score (nSPS) is 12.0. The molecule has 0 fully saturated rings. The van der Waals surface area contributed by atoms with Gasteiger partial charge in [0.15, 0.2) is 0 Å². The van der Waals surface area contributed by atoms with Crippen molar-refractivity contribution in [2.45, 2.75) is 26.4 Å². The predicted molar refractivity (Wildman–Crippen MR) is 89.1 cm³/mol. The van der Waals surface area contributed by atoms with Gasteiger partial charge < -0.3 is 10.1 Å². The highest BCUT2D eigenvalue weighted by Crippen LogP contribution is 2.15. The van der Waals surface area contributed by atoms with Crippen molar-refractivity contribution in [3.8, 4) is 5.75 Å². The topological polar surface area (TPSA) is 38.3 Å². The Morgan fingerprint density at radius 3 is 2.48 bits per heavy atom. The Hall–Kier alpha value is -2.50. The minimum atomic E-state index is -2.84. The summed E-state index contributed by atoms with van der Waals surface area (Å²) < 4.78 is 41.6. The van der Waals surface area contributed by atoms with Gasteiger partial charge in [-0.1, -0.05) is 31.2 Å². The van der Waals surface area contributed by atoms with Crippen LogP contribution < -0.4 is 10.1 Å². The largest absolute Gasteiger partial charge is 0.435 e. The molecule has 1 N–H and O–H groups in total. The summed E-state index contributed by atoms with van der Waals surface area (Å²) in [5, 5.41) is 2.83. The summed E-state index contributed by atoms with van der Waals surface area (Å²) in [6, 6.07) is 12.5. The van der Waals surface area contributed by atoms with E-state index >= 15 is 0 Å². The molecule has 6 heteroatoms.